The molecule has 0 bridgehead atoms. The Hall–Kier alpha value is -1.96. The smallest absolute Gasteiger partial charge is 0.140 e. The van der Waals surface area contributed by atoms with E-state index < -0.39 is 6.10 Å². The Kier molecular flexibility index (Phi) is 4.08. The molecule has 0 fully saturated rings. The van der Waals surface area contributed by atoms with Crippen LogP contribution in [0.3, 0.4) is 0 Å². The van der Waals surface area contributed by atoms with Gasteiger partial charge in [0.15, 0.2) is 0 Å². The van der Waals surface area contributed by atoms with Crippen molar-refractivity contribution in [2.45, 2.75) is 6.10 Å². The van der Waals surface area contributed by atoms with Gasteiger partial charge in [-0.05, 0) is 17.7 Å². The summed E-state index contributed by atoms with van der Waals surface area (Å²) in [6.07, 6.45) is 7.26. The lowest BCUT2D eigenvalue weighted by molar-refractivity contribution is 0.238. The number of benzene rings is 1. The van der Waals surface area contributed by atoms with Crippen molar-refractivity contribution in [3.8, 4) is 24.2 Å². The van der Waals surface area contributed by atoms with Gasteiger partial charge in [0, 0.05) is 0 Å². The topological polar surface area (TPSA) is 20.2 Å². The van der Waals surface area contributed by atoms with Crippen molar-refractivity contribution >= 4 is 0 Å². The summed E-state index contributed by atoms with van der Waals surface area (Å²) in [5, 5.41) is 9.56. The lowest BCUT2D eigenvalue weighted by Crippen LogP contribution is -1.91. The van der Waals surface area contributed by atoms with Gasteiger partial charge in [0.2, 0.25) is 0 Å². The van der Waals surface area contributed by atoms with E-state index in [-0.39, 0.29) is 0 Å². The fourth-order valence-corrected chi connectivity index (χ4v) is 0.935. The van der Waals surface area contributed by atoms with Gasteiger partial charge < -0.3 is 5.11 Å². The number of aliphatic hydroxyl groups is 1. The summed E-state index contributed by atoms with van der Waals surface area (Å²) < 4.78 is 0. The van der Waals surface area contributed by atoms with Crippen LogP contribution in [0.1, 0.15) is 11.7 Å². The Bertz CT molecular complexity index is 398. The van der Waals surface area contributed by atoms with Crippen LogP contribution in [0, 0.1) is 24.2 Å². The van der Waals surface area contributed by atoms with Crippen molar-refractivity contribution in [3.63, 3.8) is 0 Å². The second-order valence-electron chi connectivity index (χ2n) is 2.60. The SMILES string of the molecule is C#C/C=C/C#CC(O)c1ccccc1. The molecular formula is C13H10O. The highest BCUT2D eigenvalue weighted by Gasteiger charge is 1.99. The molecule has 0 heterocycles. The first-order chi connectivity index (χ1) is 6.84. The minimum atomic E-state index is -0.751. The summed E-state index contributed by atoms with van der Waals surface area (Å²) in [6.45, 7) is 0. The molecule has 1 unspecified atom stereocenters. The first-order valence-corrected chi connectivity index (χ1v) is 4.20. The van der Waals surface area contributed by atoms with E-state index in [2.05, 4.69) is 17.8 Å². The van der Waals surface area contributed by atoms with Gasteiger partial charge in [0.05, 0.1) is 0 Å². The Morgan fingerprint density at radius 1 is 1.21 bits per heavy atom. The highest BCUT2D eigenvalue weighted by atomic mass is 16.3. The Morgan fingerprint density at radius 2 is 1.93 bits per heavy atom. The first kappa shape index (κ1) is 10.1. The number of aliphatic hydroxyl groups excluding tert-OH is 1. The van der Waals surface area contributed by atoms with Gasteiger partial charge in [0.1, 0.15) is 6.10 Å². The summed E-state index contributed by atoms with van der Waals surface area (Å²) in [5.74, 6) is 7.63. The predicted octanol–water partition coefficient (Wildman–Crippen LogP) is 1.91. The van der Waals surface area contributed by atoms with Gasteiger partial charge in [-0.3, -0.25) is 0 Å². The molecule has 0 aliphatic carbocycles. The van der Waals surface area contributed by atoms with Crippen LogP contribution >= 0.6 is 0 Å². The van der Waals surface area contributed by atoms with E-state index in [0.717, 1.165) is 5.56 Å². The monoisotopic (exact) mass is 182 g/mol. The maximum Gasteiger partial charge on any atom is 0.140 e. The number of hydrogen-bond acceptors (Lipinski definition) is 1. The van der Waals surface area contributed by atoms with Crippen LogP contribution < -0.4 is 0 Å². The molecule has 14 heavy (non-hydrogen) atoms. The van der Waals surface area contributed by atoms with E-state index in [0.29, 0.717) is 0 Å². The molecular weight excluding hydrogens is 172 g/mol. The molecule has 1 aromatic carbocycles. The minimum absolute atomic E-state index is 0.751. The van der Waals surface area contributed by atoms with Crippen LogP contribution in [-0.4, -0.2) is 5.11 Å². The molecule has 1 nitrogen and oxygen atoms in total. The van der Waals surface area contributed by atoms with Gasteiger partial charge in [-0.2, -0.15) is 0 Å². The van der Waals surface area contributed by atoms with Crippen LogP contribution in [0.4, 0.5) is 0 Å². The van der Waals surface area contributed by atoms with Gasteiger partial charge in [0.25, 0.3) is 0 Å². The zero-order chi connectivity index (χ0) is 10.2. The highest BCUT2D eigenvalue weighted by molar-refractivity contribution is 5.29. The number of rotatable bonds is 1. The Labute approximate surface area is 84.1 Å². The average molecular weight is 182 g/mol. The van der Waals surface area contributed by atoms with E-state index in [4.69, 9.17) is 6.42 Å². The average Bonchev–Trinajstić information content (AvgIpc) is 2.25. The lowest BCUT2D eigenvalue weighted by Gasteiger charge is -2.01. The van der Waals surface area contributed by atoms with Crippen LogP contribution in [0.2, 0.25) is 0 Å². The van der Waals surface area contributed by atoms with Crippen molar-refractivity contribution < 1.29 is 5.11 Å². The number of hydrogen-bond donors (Lipinski definition) is 1. The summed E-state index contributed by atoms with van der Waals surface area (Å²) in [5.41, 5.74) is 0.786. The third-order valence-corrected chi connectivity index (χ3v) is 1.60. The predicted molar refractivity (Wildman–Crippen MR) is 57.2 cm³/mol. The Balaban J connectivity index is 2.67. The molecule has 1 rings (SSSR count). The minimum Gasteiger partial charge on any atom is -0.376 e. The highest BCUT2D eigenvalue weighted by Crippen LogP contribution is 2.09. The molecule has 0 saturated carbocycles. The largest absolute Gasteiger partial charge is 0.376 e. The van der Waals surface area contributed by atoms with E-state index in [1.54, 1.807) is 0 Å². The Morgan fingerprint density at radius 3 is 2.57 bits per heavy atom. The molecule has 0 aliphatic heterocycles. The maximum atomic E-state index is 9.56. The van der Waals surface area contributed by atoms with Gasteiger partial charge in [-0.1, -0.05) is 48.1 Å². The van der Waals surface area contributed by atoms with Crippen LogP contribution in [0.25, 0.3) is 0 Å². The molecule has 0 radical (unpaired) electrons. The molecule has 1 aromatic rings. The van der Waals surface area contributed by atoms with E-state index >= 15 is 0 Å². The normalized spacial score (nSPS) is 11.4. The molecule has 0 amide bonds. The van der Waals surface area contributed by atoms with Crippen molar-refractivity contribution in [2.24, 2.45) is 0 Å². The lowest BCUT2D eigenvalue weighted by atomic mass is 10.1. The molecule has 1 atom stereocenters. The molecule has 0 saturated heterocycles. The van der Waals surface area contributed by atoms with E-state index in [1.165, 1.54) is 12.2 Å². The van der Waals surface area contributed by atoms with Gasteiger partial charge >= 0.3 is 0 Å². The van der Waals surface area contributed by atoms with Crippen LogP contribution in [-0.2, 0) is 0 Å². The maximum absolute atomic E-state index is 9.56. The summed E-state index contributed by atoms with van der Waals surface area (Å²) in [7, 11) is 0. The zero-order valence-corrected chi connectivity index (χ0v) is 7.64. The molecule has 0 aromatic heterocycles. The second-order valence-corrected chi connectivity index (χ2v) is 2.60. The van der Waals surface area contributed by atoms with Crippen LogP contribution in [0.15, 0.2) is 42.5 Å². The van der Waals surface area contributed by atoms with Crippen molar-refractivity contribution in [1.82, 2.24) is 0 Å². The zero-order valence-electron chi connectivity index (χ0n) is 7.64. The fourth-order valence-electron chi connectivity index (χ4n) is 0.935. The summed E-state index contributed by atoms with van der Waals surface area (Å²) in [4.78, 5) is 0. The standard InChI is InChI=1S/C13H10O/c1-2-3-4-8-11-13(14)12-9-6-5-7-10-12/h1,3-7,9-10,13-14H/b4-3+. The summed E-state index contributed by atoms with van der Waals surface area (Å²) in [6, 6.07) is 9.26. The molecule has 0 spiro atoms. The first-order valence-electron chi connectivity index (χ1n) is 4.20. The number of allylic oxidation sites excluding steroid dienone is 2. The van der Waals surface area contributed by atoms with Gasteiger partial charge in [-0.25, -0.2) is 0 Å². The molecule has 1 N–H and O–H groups in total. The quantitative estimate of drug-likeness (QED) is 0.658. The fraction of sp³-hybridized carbons (Fsp3) is 0.0769. The second kappa shape index (κ2) is 5.65. The van der Waals surface area contributed by atoms with Crippen molar-refractivity contribution in [3.05, 3.63) is 48.0 Å². The molecule has 1 heteroatoms. The summed E-state index contributed by atoms with van der Waals surface area (Å²) >= 11 is 0. The van der Waals surface area contributed by atoms with E-state index in [1.807, 2.05) is 30.3 Å². The van der Waals surface area contributed by atoms with E-state index in [9.17, 15) is 5.11 Å². The third kappa shape index (κ3) is 3.19. The van der Waals surface area contributed by atoms with Crippen LogP contribution in [0.5, 0.6) is 0 Å². The van der Waals surface area contributed by atoms with Crippen molar-refractivity contribution in [1.29, 1.82) is 0 Å². The number of terminal acetylenes is 1. The third-order valence-electron chi connectivity index (χ3n) is 1.60. The molecule has 68 valence electrons. The van der Waals surface area contributed by atoms with Gasteiger partial charge in [-0.15, -0.1) is 6.42 Å². The van der Waals surface area contributed by atoms with Crippen molar-refractivity contribution in [2.75, 3.05) is 0 Å². The molecule has 0 aliphatic rings.